The fourth-order valence-electron chi connectivity index (χ4n) is 4.40. The maximum Gasteiger partial charge on any atom is 0.229 e. The van der Waals surface area contributed by atoms with Crippen LogP contribution < -0.4 is 5.32 Å². The first-order valence-corrected chi connectivity index (χ1v) is 11.5. The van der Waals surface area contributed by atoms with Gasteiger partial charge in [0.15, 0.2) is 5.82 Å². The van der Waals surface area contributed by atoms with Crippen LogP contribution in [-0.2, 0) is 13.6 Å². The Morgan fingerprint density at radius 2 is 1.91 bits per heavy atom. The molecule has 8 heteroatoms. The third-order valence-corrected chi connectivity index (χ3v) is 6.87. The van der Waals surface area contributed by atoms with Gasteiger partial charge in [-0.05, 0) is 58.0 Å². The van der Waals surface area contributed by atoms with Gasteiger partial charge in [-0.1, -0.05) is 18.0 Å². The number of hydrogen-bond acceptors (Lipinski definition) is 5. The Morgan fingerprint density at radius 1 is 1.09 bits per heavy atom. The average Bonchev–Trinajstić information content (AvgIpc) is 3.27. The number of piperidine rings is 1. The summed E-state index contributed by atoms with van der Waals surface area (Å²) in [5.74, 6) is 1.27. The van der Waals surface area contributed by atoms with Gasteiger partial charge in [0.2, 0.25) is 5.95 Å². The van der Waals surface area contributed by atoms with Crippen LogP contribution in [0.3, 0.4) is 0 Å². The lowest BCUT2D eigenvalue weighted by molar-refractivity contribution is 0.220. The van der Waals surface area contributed by atoms with E-state index in [-0.39, 0.29) is 0 Å². The first kappa shape index (κ1) is 21.0. The SMILES string of the molecule is Cc1nn(-c2ccnc(Nc3ccc4c(c3)c(Cl)c(C)n4C)n2)cc1CN1CCCCC1. The van der Waals surface area contributed by atoms with E-state index in [1.807, 2.05) is 36.9 Å². The van der Waals surface area contributed by atoms with Crippen molar-refractivity contribution in [3.63, 3.8) is 0 Å². The third kappa shape index (κ3) is 3.98. The smallest absolute Gasteiger partial charge is 0.229 e. The van der Waals surface area contributed by atoms with Crippen LogP contribution in [0.1, 0.15) is 36.2 Å². The van der Waals surface area contributed by atoms with E-state index < -0.39 is 0 Å². The Bertz CT molecular complexity index is 1270. The molecule has 4 aromatic rings. The number of rotatable bonds is 5. The van der Waals surface area contributed by atoms with Crippen molar-refractivity contribution in [1.82, 2.24) is 29.2 Å². The number of fused-ring (bicyclic) bond motifs is 1. The molecule has 1 aliphatic rings. The highest BCUT2D eigenvalue weighted by atomic mass is 35.5. The molecule has 1 fully saturated rings. The zero-order valence-corrected chi connectivity index (χ0v) is 19.5. The van der Waals surface area contributed by atoms with Crippen molar-refractivity contribution >= 4 is 34.1 Å². The van der Waals surface area contributed by atoms with E-state index in [1.54, 1.807) is 6.20 Å². The number of hydrogen-bond donors (Lipinski definition) is 1. The van der Waals surface area contributed by atoms with Gasteiger partial charge < -0.3 is 9.88 Å². The van der Waals surface area contributed by atoms with E-state index in [4.69, 9.17) is 21.7 Å². The molecule has 5 rings (SSSR count). The zero-order valence-electron chi connectivity index (χ0n) is 18.8. The summed E-state index contributed by atoms with van der Waals surface area (Å²) < 4.78 is 3.95. The molecule has 0 radical (unpaired) electrons. The lowest BCUT2D eigenvalue weighted by Crippen LogP contribution is -2.29. The van der Waals surface area contributed by atoms with Crippen LogP contribution in [0, 0.1) is 13.8 Å². The Balaban J connectivity index is 1.37. The Morgan fingerprint density at radius 3 is 2.72 bits per heavy atom. The van der Waals surface area contributed by atoms with Crippen molar-refractivity contribution in [1.29, 1.82) is 0 Å². The van der Waals surface area contributed by atoms with Crippen LogP contribution >= 0.6 is 11.6 Å². The van der Waals surface area contributed by atoms with Gasteiger partial charge in [-0.25, -0.2) is 9.67 Å². The summed E-state index contributed by atoms with van der Waals surface area (Å²) in [6.07, 6.45) is 7.76. The number of likely N-dealkylation sites (tertiary alicyclic amines) is 1. The Labute approximate surface area is 193 Å². The van der Waals surface area contributed by atoms with Gasteiger partial charge in [-0.3, -0.25) is 4.90 Å². The molecular formula is C24H28ClN7. The van der Waals surface area contributed by atoms with Crippen molar-refractivity contribution in [3.8, 4) is 5.82 Å². The second-order valence-electron chi connectivity index (χ2n) is 8.57. The average molecular weight is 450 g/mol. The normalized spacial score (nSPS) is 14.9. The largest absolute Gasteiger partial charge is 0.346 e. The summed E-state index contributed by atoms with van der Waals surface area (Å²) in [6, 6.07) is 7.99. The molecule has 7 nitrogen and oxygen atoms in total. The standard InChI is InChI=1S/C24H28ClN7/c1-16-18(14-31-11-5-4-6-12-31)15-32(29-16)22-9-10-26-24(28-22)27-19-7-8-21-20(13-19)23(25)17(2)30(21)3/h7-10,13,15H,4-6,11-12,14H2,1-3H3,(H,26,27,28). The molecule has 1 N–H and O–H groups in total. The van der Waals surface area contributed by atoms with E-state index in [1.165, 1.54) is 37.9 Å². The predicted octanol–water partition coefficient (Wildman–Crippen LogP) is 5.15. The van der Waals surface area contributed by atoms with E-state index in [0.717, 1.165) is 45.4 Å². The molecule has 4 heterocycles. The number of aromatic nitrogens is 5. The molecule has 0 saturated carbocycles. The van der Waals surface area contributed by atoms with Gasteiger partial charge in [0.05, 0.1) is 10.7 Å². The summed E-state index contributed by atoms with van der Waals surface area (Å²) in [7, 11) is 2.02. The summed E-state index contributed by atoms with van der Waals surface area (Å²) in [5, 5.41) is 9.81. The van der Waals surface area contributed by atoms with Crippen molar-refractivity contribution in [2.45, 2.75) is 39.7 Å². The fraction of sp³-hybridized carbons (Fsp3) is 0.375. The highest BCUT2D eigenvalue weighted by Crippen LogP contribution is 2.32. The second kappa shape index (κ2) is 8.56. The number of benzene rings is 1. The van der Waals surface area contributed by atoms with Gasteiger partial charge in [0, 0.05) is 59.9 Å². The third-order valence-electron chi connectivity index (χ3n) is 6.39. The van der Waals surface area contributed by atoms with Crippen LogP contribution in [0.4, 0.5) is 11.6 Å². The summed E-state index contributed by atoms with van der Waals surface area (Å²) in [4.78, 5) is 11.6. The minimum absolute atomic E-state index is 0.524. The Hall–Kier alpha value is -2.90. The molecule has 0 aliphatic carbocycles. The molecule has 1 aromatic carbocycles. The molecule has 0 spiro atoms. The van der Waals surface area contributed by atoms with Crippen molar-refractivity contribution < 1.29 is 0 Å². The maximum atomic E-state index is 6.52. The fourth-order valence-corrected chi connectivity index (χ4v) is 4.68. The Kier molecular flexibility index (Phi) is 5.61. The number of anilines is 2. The van der Waals surface area contributed by atoms with Crippen molar-refractivity contribution in [2.75, 3.05) is 18.4 Å². The molecule has 1 saturated heterocycles. The lowest BCUT2D eigenvalue weighted by atomic mass is 10.1. The zero-order chi connectivity index (χ0) is 22.2. The maximum absolute atomic E-state index is 6.52. The number of aryl methyl sites for hydroxylation is 2. The van der Waals surface area contributed by atoms with E-state index >= 15 is 0 Å². The highest BCUT2D eigenvalue weighted by Gasteiger charge is 2.15. The minimum Gasteiger partial charge on any atom is -0.346 e. The molecule has 3 aromatic heterocycles. The first-order valence-electron chi connectivity index (χ1n) is 11.1. The van der Waals surface area contributed by atoms with Gasteiger partial charge in [-0.2, -0.15) is 10.1 Å². The van der Waals surface area contributed by atoms with Gasteiger partial charge in [-0.15, -0.1) is 0 Å². The summed E-state index contributed by atoms with van der Waals surface area (Å²) in [6.45, 7) is 7.37. The van der Waals surface area contributed by atoms with E-state index in [0.29, 0.717) is 5.95 Å². The van der Waals surface area contributed by atoms with Crippen LogP contribution in [0.15, 0.2) is 36.7 Å². The summed E-state index contributed by atoms with van der Waals surface area (Å²) >= 11 is 6.52. The molecule has 0 amide bonds. The van der Waals surface area contributed by atoms with Gasteiger partial charge in [0.1, 0.15) is 0 Å². The molecule has 0 unspecified atom stereocenters. The number of nitrogens with one attached hydrogen (secondary N) is 1. The molecule has 1 aliphatic heterocycles. The van der Waals surface area contributed by atoms with Crippen molar-refractivity contribution in [2.24, 2.45) is 7.05 Å². The van der Waals surface area contributed by atoms with E-state index in [9.17, 15) is 0 Å². The van der Waals surface area contributed by atoms with Crippen LogP contribution in [-0.4, -0.2) is 42.3 Å². The van der Waals surface area contributed by atoms with Gasteiger partial charge >= 0.3 is 0 Å². The van der Waals surface area contributed by atoms with Gasteiger partial charge in [0.25, 0.3) is 0 Å². The highest BCUT2D eigenvalue weighted by molar-refractivity contribution is 6.36. The van der Waals surface area contributed by atoms with Crippen LogP contribution in [0.25, 0.3) is 16.7 Å². The first-order chi connectivity index (χ1) is 15.5. The quantitative estimate of drug-likeness (QED) is 0.456. The molecule has 0 atom stereocenters. The van der Waals surface area contributed by atoms with Crippen LogP contribution in [0.2, 0.25) is 5.02 Å². The molecule has 32 heavy (non-hydrogen) atoms. The lowest BCUT2D eigenvalue weighted by Gasteiger charge is -2.25. The van der Waals surface area contributed by atoms with Crippen molar-refractivity contribution in [3.05, 3.63) is 58.6 Å². The number of halogens is 1. The van der Waals surface area contributed by atoms with Crippen LogP contribution in [0.5, 0.6) is 0 Å². The molecule has 0 bridgehead atoms. The molecular weight excluding hydrogens is 422 g/mol. The minimum atomic E-state index is 0.524. The predicted molar refractivity (Wildman–Crippen MR) is 129 cm³/mol. The van der Waals surface area contributed by atoms with E-state index in [2.05, 4.69) is 39.0 Å². The number of nitrogens with zero attached hydrogens (tertiary/aromatic N) is 6. The monoisotopic (exact) mass is 449 g/mol. The second-order valence-corrected chi connectivity index (χ2v) is 8.95. The molecule has 166 valence electrons. The topological polar surface area (TPSA) is 63.8 Å². The summed E-state index contributed by atoms with van der Waals surface area (Å²) in [5.41, 5.74) is 5.33.